The number of rotatable bonds is 10. The fourth-order valence-corrected chi connectivity index (χ4v) is 4.11. The Morgan fingerprint density at radius 3 is 2.39 bits per heavy atom. The Morgan fingerprint density at radius 2 is 1.73 bits per heavy atom. The van der Waals surface area contributed by atoms with Crippen LogP contribution in [-0.4, -0.2) is 47.6 Å². The SMILES string of the molecule is COc1ccc(-c2nnc(SCC(=O)c3cc(OC)ccc3OC)n2Cc2ccco2)cc1. The summed E-state index contributed by atoms with van der Waals surface area (Å²) in [6.07, 6.45) is 1.62. The average Bonchev–Trinajstić information content (AvgIpc) is 3.52. The van der Waals surface area contributed by atoms with Crippen molar-refractivity contribution in [1.29, 1.82) is 0 Å². The predicted molar refractivity (Wildman–Crippen MR) is 124 cm³/mol. The molecule has 2 heterocycles. The summed E-state index contributed by atoms with van der Waals surface area (Å²) in [7, 11) is 4.72. The Bertz CT molecular complexity index is 1220. The number of ether oxygens (including phenoxy) is 3. The number of thioether (sulfide) groups is 1. The van der Waals surface area contributed by atoms with Crippen molar-refractivity contribution in [3.8, 4) is 28.6 Å². The van der Waals surface area contributed by atoms with Gasteiger partial charge in [0.05, 0.1) is 45.5 Å². The summed E-state index contributed by atoms with van der Waals surface area (Å²) in [5, 5.41) is 9.34. The number of carbonyl (C=O) groups excluding carboxylic acids is 1. The van der Waals surface area contributed by atoms with Gasteiger partial charge in [-0.15, -0.1) is 10.2 Å². The maximum absolute atomic E-state index is 13.0. The Balaban J connectivity index is 1.61. The van der Waals surface area contributed by atoms with Crippen LogP contribution in [0.2, 0.25) is 0 Å². The highest BCUT2D eigenvalue weighted by atomic mass is 32.2. The van der Waals surface area contributed by atoms with Crippen molar-refractivity contribution < 1.29 is 23.4 Å². The van der Waals surface area contributed by atoms with Crippen LogP contribution in [0.3, 0.4) is 0 Å². The lowest BCUT2D eigenvalue weighted by Gasteiger charge is -2.11. The number of hydrogen-bond acceptors (Lipinski definition) is 8. The molecule has 2 aromatic carbocycles. The number of Topliss-reactive ketones (excluding diaryl/α,β-unsaturated/α-hetero) is 1. The highest BCUT2D eigenvalue weighted by Gasteiger charge is 2.19. The topological polar surface area (TPSA) is 88.6 Å². The van der Waals surface area contributed by atoms with Gasteiger partial charge >= 0.3 is 0 Å². The van der Waals surface area contributed by atoms with Gasteiger partial charge in [0.1, 0.15) is 23.0 Å². The summed E-state index contributed by atoms with van der Waals surface area (Å²) in [5.74, 6) is 3.32. The van der Waals surface area contributed by atoms with E-state index in [9.17, 15) is 4.79 Å². The molecule has 0 aliphatic carbocycles. The van der Waals surface area contributed by atoms with Crippen LogP contribution in [-0.2, 0) is 6.54 Å². The van der Waals surface area contributed by atoms with Crippen molar-refractivity contribution in [1.82, 2.24) is 14.8 Å². The molecular formula is C24H23N3O5S. The van der Waals surface area contributed by atoms with Gasteiger partial charge < -0.3 is 18.6 Å². The third kappa shape index (κ3) is 5.04. The monoisotopic (exact) mass is 465 g/mol. The van der Waals surface area contributed by atoms with Gasteiger partial charge in [-0.3, -0.25) is 9.36 Å². The first-order chi connectivity index (χ1) is 16.1. The molecule has 0 aliphatic heterocycles. The first kappa shape index (κ1) is 22.5. The van der Waals surface area contributed by atoms with E-state index in [4.69, 9.17) is 18.6 Å². The summed E-state index contributed by atoms with van der Waals surface area (Å²) >= 11 is 1.30. The van der Waals surface area contributed by atoms with Gasteiger partial charge in [-0.05, 0) is 54.6 Å². The van der Waals surface area contributed by atoms with E-state index in [1.54, 1.807) is 38.7 Å². The molecule has 9 heteroatoms. The third-order valence-electron chi connectivity index (χ3n) is 5.00. The van der Waals surface area contributed by atoms with E-state index >= 15 is 0 Å². The summed E-state index contributed by atoms with van der Waals surface area (Å²) in [6, 6.07) is 16.4. The number of benzene rings is 2. The van der Waals surface area contributed by atoms with Crippen molar-refractivity contribution >= 4 is 17.5 Å². The molecule has 4 rings (SSSR count). The minimum absolute atomic E-state index is 0.103. The van der Waals surface area contributed by atoms with Crippen molar-refractivity contribution in [2.45, 2.75) is 11.7 Å². The lowest BCUT2D eigenvalue weighted by molar-refractivity contribution is 0.101. The molecule has 0 aliphatic rings. The van der Waals surface area contributed by atoms with Gasteiger partial charge in [0.25, 0.3) is 0 Å². The first-order valence-electron chi connectivity index (χ1n) is 10.1. The molecule has 0 atom stereocenters. The lowest BCUT2D eigenvalue weighted by Crippen LogP contribution is -2.08. The van der Waals surface area contributed by atoms with Crippen LogP contribution >= 0.6 is 11.8 Å². The maximum Gasteiger partial charge on any atom is 0.192 e. The number of methoxy groups -OCH3 is 3. The van der Waals surface area contributed by atoms with Crippen LogP contribution in [0.25, 0.3) is 11.4 Å². The van der Waals surface area contributed by atoms with Gasteiger partial charge in [0.15, 0.2) is 16.8 Å². The van der Waals surface area contributed by atoms with Gasteiger partial charge in [-0.1, -0.05) is 11.8 Å². The van der Waals surface area contributed by atoms with Crippen molar-refractivity contribution in [2.75, 3.05) is 27.1 Å². The van der Waals surface area contributed by atoms with Gasteiger partial charge in [0, 0.05) is 5.56 Å². The number of aromatic nitrogens is 3. The number of furan rings is 1. The fraction of sp³-hybridized carbons (Fsp3) is 0.208. The lowest BCUT2D eigenvalue weighted by atomic mass is 10.1. The molecule has 4 aromatic rings. The zero-order valence-electron chi connectivity index (χ0n) is 18.5. The van der Waals surface area contributed by atoms with Crippen LogP contribution in [0.5, 0.6) is 17.2 Å². The van der Waals surface area contributed by atoms with Gasteiger partial charge in [-0.2, -0.15) is 0 Å². The third-order valence-corrected chi connectivity index (χ3v) is 5.97. The molecule has 0 bridgehead atoms. The highest BCUT2D eigenvalue weighted by molar-refractivity contribution is 7.99. The summed E-state index contributed by atoms with van der Waals surface area (Å²) in [5.41, 5.74) is 1.33. The van der Waals surface area contributed by atoms with E-state index in [1.807, 2.05) is 41.0 Å². The molecule has 0 unspecified atom stereocenters. The van der Waals surface area contributed by atoms with Crippen LogP contribution < -0.4 is 14.2 Å². The van der Waals surface area contributed by atoms with E-state index in [1.165, 1.54) is 18.9 Å². The molecule has 0 radical (unpaired) electrons. The highest BCUT2D eigenvalue weighted by Crippen LogP contribution is 2.29. The quantitative estimate of drug-likeness (QED) is 0.248. The Labute approximate surface area is 195 Å². The fourth-order valence-electron chi connectivity index (χ4n) is 3.29. The van der Waals surface area contributed by atoms with Crippen molar-refractivity contribution in [3.63, 3.8) is 0 Å². The number of carbonyl (C=O) groups is 1. The van der Waals surface area contributed by atoms with E-state index in [-0.39, 0.29) is 11.5 Å². The molecule has 0 N–H and O–H groups in total. The smallest absolute Gasteiger partial charge is 0.192 e. The van der Waals surface area contributed by atoms with Crippen LogP contribution in [0.1, 0.15) is 16.1 Å². The predicted octanol–water partition coefficient (Wildman–Crippen LogP) is 4.59. The van der Waals surface area contributed by atoms with Gasteiger partial charge in [-0.25, -0.2) is 0 Å². The number of nitrogens with zero attached hydrogens (tertiary/aromatic N) is 3. The molecule has 0 spiro atoms. The first-order valence-corrected chi connectivity index (χ1v) is 11.1. The molecule has 0 saturated heterocycles. The Kier molecular flexibility index (Phi) is 6.99. The minimum Gasteiger partial charge on any atom is -0.497 e. The molecule has 0 fully saturated rings. The van der Waals surface area contributed by atoms with Crippen molar-refractivity contribution in [2.24, 2.45) is 0 Å². The molecule has 0 saturated carbocycles. The molecule has 8 nitrogen and oxygen atoms in total. The summed E-state index contributed by atoms with van der Waals surface area (Å²) in [4.78, 5) is 13.0. The van der Waals surface area contributed by atoms with E-state index < -0.39 is 0 Å². The number of hydrogen-bond donors (Lipinski definition) is 0. The standard InChI is InChI=1S/C24H23N3O5S/c1-29-17-8-6-16(7-9-17)23-25-26-24(27(23)14-19-5-4-12-32-19)33-15-21(28)20-13-18(30-2)10-11-22(20)31-3/h4-13H,14-15H2,1-3H3. The summed E-state index contributed by atoms with van der Waals surface area (Å²) < 4.78 is 23.3. The van der Waals surface area contributed by atoms with E-state index in [0.717, 1.165) is 17.1 Å². The largest absolute Gasteiger partial charge is 0.497 e. The molecule has 33 heavy (non-hydrogen) atoms. The minimum atomic E-state index is -0.103. The second kappa shape index (κ2) is 10.3. The van der Waals surface area contributed by atoms with Crippen LogP contribution in [0.4, 0.5) is 0 Å². The molecular weight excluding hydrogens is 442 g/mol. The Morgan fingerprint density at radius 1 is 0.970 bits per heavy atom. The molecule has 2 aromatic heterocycles. The number of ketones is 1. The average molecular weight is 466 g/mol. The van der Waals surface area contributed by atoms with Crippen molar-refractivity contribution in [3.05, 3.63) is 72.2 Å². The summed E-state index contributed by atoms with van der Waals surface area (Å²) in [6.45, 7) is 0.431. The second-order valence-corrected chi connectivity index (χ2v) is 7.92. The second-order valence-electron chi connectivity index (χ2n) is 6.98. The Hall–Kier alpha value is -3.72. The normalized spacial score (nSPS) is 10.8. The molecule has 0 amide bonds. The molecule has 170 valence electrons. The van der Waals surface area contributed by atoms with E-state index in [2.05, 4.69) is 10.2 Å². The zero-order valence-corrected chi connectivity index (χ0v) is 19.3. The maximum atomic E-state index is 13.0. The zero-order chi connectivity index (χ0) is 23.2. The van der Waals surface area contributed by atoms with Gasteiger partial charge in [0.2, 0.25) is 0 Å². The van der Waals surface area contributed by atoms with Crippen LogP contribution in [0.15, 0.2) is 70.4 Å². The van der Waals surface area contributed by atoms with Crippen LogP contribution in [0, 0.1) is 0 Å². The van der Waals surface area contributed by atoms with E-state index in [0.29, 0.717) is 34.6 Å².